The Bertz CT molecular complexity index is 1020. The van der Waals surface area contributed by atoms with E-state index in [0.29, 0.717) is 24.4 Å². The largest absolute Gasteiger partial charge is 0.573 e. The molecule has 8 heteroatoms. The van der Waals surface area contributed by atoms with Crippen molar-refractivity contribution < 1.29 is 27.5 Å². The maximum Gasteiger partial charge on any atom is 0.573 e. The first-order valence-corrected chi connectivity index (χ1v) is 9.55. The van der Waals surface area contributed by atoms with Gasteiger partial charge in [0.2, 0.25) is 0 Å². The fourth-order valence-electron chi connectivity index (χ4n) is 3.79. The normalized spacial score (nSPS) is 17.3. The van der Waals surface area contributed by atoms with E-state index in [9.17, 15) is 22.8 Å². The number of amides is 2. The third kappa shape index (κ3) is 3.77. The minimum Gasteiger partial charge on any atom is -0.406 e. The molecule has 0 bridgehead atoms. The summed E-state index contributed by atoms with van der Waals surface area (Å²) in [5.41, 5.74) is 2.21. The number of likely N-dealkylation sites (tertiary alicyclic amines) is 1. The fraction of sp³-hybridized carbons (Fsp3) is 0.273. The zero-order chi connectivity index (χ0) is 21.5. The van der Waals surface area contributed by atoms with Gasteiger partial charge in [-0.3, -0.25) is 9.59 Å². The molecule has 1 fully saturated rings. The Morgan fingerprint density at radius 3 is 2.23 bits per heavy atom. The number of rotatable bonds is 4. The van der Waals surface area contributed by atoms with E-state index < -0.39 is 23.9 Å². The lowest BCUT2D eigenvalue weighted by Gasteiger charge is -2.20. The zero-order valence-electron chi connectivity index (χ0n) is 16.2. The van der Waals surface area contributed by atoms with Crippen molar-refractivity contribution in [3.63, 3.8) is 0 Å². The summed E-state index contributed by atoms with van der Waals surface area (Å²) >= 11 is 0. The van der Waals surface area contributed by atoms with Crippen molar-refractivity contribution in [2.75, 3.05) is 18.0 Å². The number of carbonyl (C=O) groups excluding carboxylic acids is 2. The van der Waals surface area contributed by atoms with Gasteiger partial charge in [-0.05, 0) is 37.5 Å². The van der Waals surface area contributed by atoms with Gasteiger partial charge in [-0.25, -0.2) is 4.90 Å². The molecule has 0 atom stereocenters. The molecule has 30 heavy (non-hydrogen) atoms. The van der Waals surface area contributed by atoms with E-state index >= 15 is 0 Å². The molecule has 1 saturated heterocycles. The molecule has 0 spiro atoms. The van der Waals surface area contributed by atoms with Crippen molar-refractivity contribution in [1.29, 1.82) is 0 Å². The van der Waals surface area contributed by atoms with Crippen LogP contribution in [-0.4, -0.2) is 36.2 Å². The smallest absolute Gasteiger partial charge is 0.406 e. The van der Waals surface area contributed by atoms with Gasteiger partial charge in [0.25, 0.3) is 11.8 Å². The molecule has 4 rings (SSSR count). The van der Waals surface area contributed by atoms with Crippen molar-refractivity contribution in [3.8, 4) is 5.75 Å². The molecule has 156 valence electrons. The van der Waals surface area contributed by atoms with E-state index in [0.717, 1.165) is 35.4 Å². The van der Waals surface area contributed by atoms with Crippen LogP contribution >= 0.6 is 0 Å². The van der Waals surface area contributed by atoms with Crippen molar-refractivity contribution in [1.82, 2.24) is 4.90 Å². The lowest BCUT2D eigenvalue weighted by atomic mass is 10.0. The van der Waals surface area contributed by atoms with Crippen LogP contribution in [0.5, 0.6) is 5.75 Å². The Hall–Kier alpha value is -3.29. The summed E-state index contributed by atoms with van der Waals surface area (Å²) < 4.78 is 41.8. The van der Waals surface area contributed by atoms with E-state index in [2.05, 4.69) is 4.74 Å². The zero-order valence-corrected chi connectivity index (χ0v) is 16.2. The SMILES string of the molecule is Cc1ccc(C2=C(N3CCCC3)C(=O)N(c3cccc(OC(F)(F)F)c3)C2=O)cc1. The Morgan fingerprint density at radius 2 is 1.60 bits per heavy atom. The number of benzene rings is 2. The first-order valence-electron chi connectivity index (χ1n) is 9.55. The lowest BCUT2D eigenvalue weighted by molar-refractivity contribution is -0.274. The summed E-state index contributed by atoms with van der Waals surface area (Å²) in [5.74, 6) is -1.59. The van der Waals surface area contributed by atoms with E-state index in [4.69, 9.17) is 0 Å². The lowest BCUT2D eigenvalue weighted by Crippen LogP contribution is -2.34. The van der Waals surface area contributed by atoms with Crippen molar-refractivity contribution in [3.05, 3.63) is 65.4 Å². The van der Waals surface area contributed by atoms with Crippen molar-refractivity contribution in [2.45, 2.75) is 26.1 Å². The van der Waals surface area contributed by atoms with E-state index in [1.807, 2.05) is 24.0 Å². The van der Waals surface area contributed by atoms with Crippen LogP contribution in [0, 0.1) is 6.92 Å². The number of halogens is 3. The fourth-order valence-corrected chi connectivity index (χ4v) is 3.79. The number of aryl methyl sites for hydroxylation is 1. The highest BCUT2D eigenvalue weighted by molar-refractivity contribution is 6.45. The van der Waals surface area contributed by atoms with Crippen LogP contribution < -0.4 is 9.64 Å². The Balaban J connectivity index is 1.76. The molecule has 0 saturated carbocycles. The minimum absolute atomic E-state index is 0.0329. The average molecular weight is 416 g/mol. The third-order valence-corrected chi connectivity index (χ3v) is 5.13. The number of hydrogen-bond acceptors (Lipinski definition) is 4. The maximum absolute atomic E-state index is 13.3. The second-order valence-electron chi connectivity index (χ2n) is 7.27. The molecule has 0 unspecified atom stereocenters. The first-order chi connectivity index (χ1) is 14.2. The molecule has 0 aromatic heterocycles. The molecule has 2 amide bonds. The number of nitrogens with zero attached hydrogens (tertiary/aromatic N) is 2. The Labute approximate surface area is 171 Å². The predicted molar refractivity (Wildman–Crippen MR) is 105 cm³/mol. The first kappa shape index (κ1) is 20.0. The van der Waals surface area contributed by atoms with Crippen LogP contribution in [0.4, 0.5) is 18.9 Å². The van der Waals surface area contributed by atoms with Gasteiger partial charge < -0.3 is 9.64 Å². The van der Waals surface area contributed by atoms with Gasteiger partial charge in [-0.15, -0.1) is 13.2 Å². The quantitative estimate of drug-likeness (QED) is 0.699. The highest BCUT2D eigenvalue weighted by Crippen LogP contribution is 2.37. The Morgan fingerprint density at radius 1 is 0.933 bits per heavy atom. The van der Waals surface area contributed by atoms with Crippen LogP contribution in [0.3, 0.4) is 0 Å². The van der Waals surface area contributed by atoms with Gasteiger partial charge in [0.15, 0.2) is 0 Å². The van der Waals surface area contributed by atoms with Gasteiger partial charge in [0.1, 0.15) is 11.4 Å². The van der Waals surface area contributed by atoms with E-state index in [1.54, 1.807) is 12.1 Å². The standard InChI is InChI=1S/C22H19F3N2O3/c1-14-7-9-15(10-8-14)18-19(26-11-2-3-12-26)21(29)27(20(18)28)16-5-4-6-17(13-16)30-22(23,24)25/h4-10,13H,2-3,11-12H2,1H3. The van der Waals surface area contributed by atoms with Gasteiger partial charge in [-0.1, -0.05) is 35.9 Å². The summed E-state index contributed by atoms with van der Waals surface area (Å²) in [5, 5.41) is 0. The number of anilines is 1. The number of hydrogen-bond donors (Lipinski definition) is 0. The predicted octanol–water partition coefficient (Wildman–Crippen LogP) is 4.27. The number of imide groups is 1. The monoisotopic (exact) mass is 416 g/mol. The van der Waals surface area contributed by atoms with Gasteiger partial charge in [0, 0.05) is 19.2 Å². The summed E-state index contributed by atoms with van der Waals surface area (Å²) in [4.78, 5) is 29.4. The van der Waals surface area contributed by atoms with Gasteiger partial charge >= 0.3 is 6.36 Å². The molecule has 0 radical (unpaired) electrons. The Kier molecular flexibility index (Phi) is 5.01. The average Bonchev–Trinajstić information content (AvgIpc) is 3.27. The van der Waals surface area contributed by atoms with Gasteiger partial charge in [-0.2, -0.15) is 0 Å². The van der Waals surface area contributed by atoms with E-state index in [1.165, 1.54) is 12.1 Å². The van der Waals surface area contributed by atoms with Gasteiger partial charge in [0.05, 0.1) is 11.3 Å². The van der Waals surface area contributed by atoms with E-state index in [-0.39, 0.29) is 11.3 Å². The van der Waals surface area contributed by atoms with Crippen LogP contribution in [-0.2, 0) is 9.59 Å². The summed E-state index contributed by atoms with van der Waals surface area (Å²) in [6.07, 6.45) is -3.06. The summed E-state index contributed by atoms with van der Waals surface area (Å²) in [6, 6.07) is 12.2. The number of carbonyl (C=O) groups is 2. The summed E-state index contributed by atoms with van der Waals surface area (Å²) in [6.45, 7) is 3.21. The molecule has 0 aliphatic carbocycles. The summed E-state index contributed by atoms with van der Waals surface area (Å²) in [7, 11) is 0. The number of ether oxygens (including phenoxy) is 1. The molecule has 5 nitrogen and oxygen atoms in total. The molecule has 2 aromatic carbocycles. The van der Waals surface area contributed by atoms with Crippen molar-refractivity contribution >= 4 is 23.1 Å². The molecule has 2 aromatic rings. The number of alkyl halides is 3. The molecule has 2 aliphatic heterocycles. The third-order valence-electron chi connectivity index (χ3n) is 5.13. The molecular weight excluding hydrogens is 397 g/mol. The molecule has 0 N–H and O–H groups in total. The molecule has 2 aliphatic rings. The second-order valence-corrected chi connectivity index (χ2v) is 7.27. The van der Waals surface area contributed by atoms with Crippen LogP contribution in [0.1, 0.15) is 24.0 Å². The second kappa shape index (κ2) is 7.51. The van der Waals surface area contributed by atoms with Crippen LogP contribution in [0.15, 0.2) is 54.2 Å². The highest BCUT2D eigenvalue weighted by Gasteiger charge is 2.43. The molecular formula is C22H19F3N2O3. The topological polar surface area (TPSA) is 49.9 Å². The van der Waals surface area contributed by atoms with Crippen LogP contribution in [0.2, 0.25) is 0 Å². The highest BCUT2D eigenvalue weighted by atomic mass is 19.4. The molecule has 2 heterocycles. The maximum atomic E-state index is 13.3. The van der Waals surface area contributed by atoms with Crippen LogP contribution in [0.25, 0.3) is 5.57 Å². The van der Waals surface area contributed by atoms with Crippen molar-refractivity contribution in [2.24, 2.45) is 0 Å². The minimum atomic E-state index is -4.87.